The summed E-state index contributed by atoms with van der Waals surface area (Å²) in [6.45, 7) is -0.429. The first kappa shape index (κ1) is 9.68. The summed E-state index contributed by atoms with van der Waals surface area (Å²) < 4.78 is 24.4. The molecule has 0 spiro atoms. The van der Waals surface area contributed by atoms with Crippen molar-refractivity contribution in [1.29, 1.82) is 0 Å². The zero-order valence-electron chi connectivity index (χ0n) is 6.52. The first-order valence-electron chi connectivity index (χ1n) is 3.30. The number of rotatable bonds is 4. The van der Waals surface area contributed by atoms with Gasteiger partial charge in [0.1, 0.15) is 0 Å². The third kappa shape index (κ3) is 2.53. The molecule has 4 N–H and O–H groups in total. The lowest BCUT2D eigenvalue weighted by Gasteiger charge is -2.00. The van der Waals surface area contributed by atoms with Crippen LogP contribution < -0.4 is 10.5 Å². The summed E-state index contributed by atoms with van der Waals surface area (Å²) >= 11 is 0. The van der Waals surface area contributed by atoms with E-state index in [4.69, 9.17) is 5.73 Å². The number of aromatic nitrogens is 2. The van der Waals surface area contributed by atoms with E-state index >= 15 is 0 Å². The minimum absolute atomic E-state index is 0.103. The molecule has 0 aliphatic carbocycles. The molecular weight excluding hydrogens is 196 g/mol. The van der Waals surface area contributed by atoms with Crippen molar-refractivity contribution < 1.29 is 13.2 Å². The second kappa shape index (κ2) is 3.54. The molecule has 0 radical (unpaired) electrons. The molecule has 0 unspecified atom stereocenters. The number of amides is 1. The van der Waals surface area contributed by atoms with Crippen LogP contribution in [-0.4, -0.2) is 31.1 Å². The van der Waals surface area contributed by atoms with Gasteiger partial charge in [-0.3, -0.25) is 9.89 Å². The molecule has 0 saturated carbocycles. The molecular formula is C5H8N4O3S. The molecule has 0 atom stereocenters. The van der Waals surface area contributed by atoms with Crippen LogP contribution in [0.15, 0.2) is 17.3 Å². The van der Waals surface area contributed by atoms with Crippen LogP contribution in [0.5, 0.6) is 0 Å². The van der Waals surface area contributed by atoms with Gasteiger partial charge in [-0.1, -0.05) is 0 Å². The van der Waals surface area contributed by atoms with Gasteiger partial charge < -0.3 is 5.73 Å². The number of hydrogen-bond donors (Lipinski definition) is 3. The predicted octanol–water partition coefficient (Wildman–Crippen LogP) is -1.83. The van der Waals surface area contributed by atoms with Crippen LogP contribution in [0.25, 0.3) is 0 Å². The Balaban J connectivity index is 2.74. The average molecular weight is 204 g/mol. The van der Waals surface area contributed by atoms with Gasteiger partial charge in [0.05, 0.1) is 12.7 Å². The largest absolute Gasteiger partial charge is 0.369 e. The number of primary amides is 1. The third-order valence-corrected chi connectivity index (χ3v) is 2.53. The first-order valence-corrected chi connectivity index (χ1v) is 4.78. The van der Waals surface area contributed by atoms with E-state index < -0.39 is 22.5 Å². The van der Waals surface area contributed by atoms with Gasteiger partial charge in [-0.05, 0) is 6.07 Å². The van der Waals surface area contributed by atoms with Crippen molar-refractivity contribution in [3.05, 3.63) is 12.3 Å². The van der Waals surface area contributed by atoms with Crippen LogP contribution in [0.3, 0.4) is 0 Å². The Hall–Kier alpha value is -1.41. The molecule has 8 heteroatoms. The third-order valence-electron chi connectivity index (χ3n) is 1.20. The summed E-state index contributed by atoms with van der Waals surface area (Å²) in [5.74, 6) is -0.747. The Morgan fingerprint density at radius 3 is 2.85 bits per heavy atom. The van der Waals surface area contributed by atoms with Crippen molar-refractivity contribution >= 4 is 15.9 Å². The Bertz CT molecular complexity index is 382. The standard InChI is InChI=1S/C5H8N4O3S/c6-4(10)3-8-13(11,12)5-1-2-7-9-5/h1-2,8H,3H2,(H2,6,10)(H,7,9). The highest BCUT2D eigenvalue weighted by Crippen LogP contribution is 2.00. The van der Waals surface area contributed by atoms with Crippen molar-refractivity contribution in [1.82, 2.24) is 14.9 Å². The number of nitrogens with two attached hydrogens (primary N) is 1. The second-order valence-electron chi connectivity index (χ2n) is 2.21. The summed E-state index contributed by atoms with van der Waals surface area (Å²) in [5.41, 5.74) is 4.76. The minimum Gasteiger partial charge on any atom is -0.369 e. The van der Waals surface area contributed by atoms with E-state index in [9.17, 15) is 13.2 Å². The molecule has 1 aromatic rings. The van der Waals surface area contributed by atoms with E-state index in [2.05, 4.69) is 10.2 Å². The molecule has 0 aromatic carbocycles. The fourth-order valence-electron chi connectivity index (χ4n) is 0.637. The fourth-order valence-corrected chi connectivity index (χ4v) is 1.54. The second-order valence-corrected chi connectivity index (χ2v) is 3.95. The molecule has 13 heavy (non-hydrogen) atoms. The van der Waals surface area contributed by atoms with Crippen molar-refractivity contribution in [2.24, 2.45) is 5.73 Å². The summed E-state index contributed by atoms with van der Waals surface area (Å²) in [5, 5.41) is 5.60. The van der Waals surface area contributed by atoms with Gasteiger partial charge >= 0.3 is 0 Å². The number of nitrogens with zero attached hydrogens (tertiary/aromatic N) is 1. The lowest BCUT2D eigenvalue weighted by molar-refractivity contribution is -0.116. The van der Waals surface area contributed by atoms with E-state index in [1.54, 1.807) is 0 Å². The SMILES string of the molecule is NC(=O)CNS(=O)(=O)c1ccn[nH]1. The van der Waals surface area contributed by atoms with Gasteiger partial charge in [-0.2, -0.15) is 5.10 Å². The molecule has 0 bridgehead atoms. The maximum atomic E-state index is 11.2. The van der Waals surface area contributed by atoms with Crippen molar-refractivity contribution in [3.8, 4) is 0 Å². The summed E-state index contributed by atoms with van der Waals surface area (Å²) in [6.07, 6.45) is 1.29. The number of hydrogen-bond acceptors (Lipinski definition) is 4. The summed E-state index contributed by atoms with van der Waals surface area (Å²) in [7, 11) is -3.68. The van der Waals surface area contributed by atoms with Gasteiger partial charge in [0.2, 0.25) is 5.91 Å². The molecule has 0 fully saturated rings. The monoisotopic (exact) mass is 204 g/mol. The maximum Gasteiger partial charge on any atom is 0.257 e. The molecule has 1 rings (SSSR count). The van der Waals surface area contributed by atoms with Gasteiger partial charge in [-0.25, -0.2) is 13.1 Å². The fraction of sp³-hybridized carbons (Fsp3) is 0.200. The van der Waals surface area contributed by atoms with E-state index in [0.29, 0.717) is 0 Å². The Kier molecular flexibility index (Phi) is 2.63. The number of carbonyl (C=O) groups excluding carboxylic acids is 1. The van der Waals surface area contributed by atoms with Crippen LogP contribution in [0.4, 0.5) is 0 Å². The maximum absolute atomic E-state index is 11.2. The van der Waals surface area contributed by atoms with E-state index in [-0.39, 0.29) is 5.03 Å². The molecule has 1 amide bonds. The lowest BCUT2D eigenvalue weighted by atomic mass is 10.7. The number of sulfonamides is 1. The number of aromatic amines is 1. The first-order chi connectivity index (χ1) is 6.02. The van der Waals surface area contributed by atoms with Crippen LogP contribution in [-0.2, 0) is 14.8 Å². The van der Waals surface area contributed by atoms with Crippen LogP contribution in [0.1, 0.15) is 0 Å². The Morgan fingerprint density at radius 2 is 2.38 bits per heavy atom. The number of H-pyrrole nitrogens is 1. The van der Waals surface area contributed by atoms with E-state index in [0.717, 1.165) is 0 Å². The summed E-state index contributed by atoms with van der Waals surface area (Å²) in [4.78, 5) is 10.3. The highest BCUT2D eigenvalue weighted by molar-refractivity contribution is 7.89. The van der Waals surface area contributed by atoms with Gasteiger partial charge in [0, 0.05) is 0 Å². The molecule has 0 aliphatic rings. The van der Waals surface area contributed by atoms with Gasteiger partial charge in [-0.15, -0.1) is 0 Å². The van der Waals surface area contributed by atoms with E-state index in [1.807, 2.05) is 4.72 Å². The number of carbonyl (C=O) groups is 1. The van der Waals surface area contributed by atoms with Crippen LogP contribution in [0.2, 0.25) is 0 Å². The highest BCUT2D eigenvalue weighted by Gasteiger charge is 2.15. The quantitative estimate of drug-likeness (QED) is 0.534. The topological polar surface area (TPSA) is 118 Å². The molecule has 1 aromatic heterocycles. The van der Waals surface area contributed by atoms with Crippen molar-refractivity contribution in [2.45, 2.75) is 5.03 Å². The smallest absolute Gasteiger partial charge is 0.257 e. The highest BCUT2D eigenvalue weighted by atomic mass is 32.2. The molecule has 0 aliphatic heterocycles. The lowest BCUT2D eigenvalue weighted by Crippen LogP contribution is -2.33. The minimum atomic E-state index is -3.68. The van der Waals surface area contributed by atoms with Gasteiger partial charge in [0.25, 0.3) is 10.0 Å². The average Bonchev–Trinajstić information content (AvgIpc) is 2.53. The molecule has 72 valence electrons. The van der Waals surface area contributed by atoms with Crippen LogP contribution in [0, 0.1) is 0 Å². The molecule has 1 heterocycles. The molecule has 7 nitrogen and oxygen atoms in total. The van der Waals surface area contributed by atoms with Crippen molar-refractivity contribution in [2.75, 3.05) is 6.54 Å². The normalized spacial score (nSPS) is 11.4. The van der Waals surface area contributed by atoms with E-state index in [1.165, 1.54) is 12.3 Å². The van der Waals surface area contributed by atoms with Crippen molar-refractivity contribution in [3.63, 3.8) is 0 Å². The molecule has 0 saturated heterocycles. The number of nitrogens with one attached hydrogen (secondary N) is 2. The predicted molar refractivity (Wildman–Crippen MR) is 43.0 cm³/mol. The zero-order valence-corrected chi connectivity index (χ0v) is 7.34. The Labute approximate surface area is 74.4 Å². The Morgan fingerprint density at radius 1 is 1.69 bits per heavy atom. The van der Waals surface area contributed by atoms with Crippen LogP contribution >= 0.6 is 0 Å². The summed E-state index contributed by atoms with van der Waals surface area (Å²) in [6, 6.07) is 1.27. The zero-order chi connectivity index (χ0) is 9.90. The van der Waals surface area contributed by atoms with Gasteiger partial charge in [0.15, 0.2) is 5.03 Å².